The highest BCUT2D eigenvalue weighted by Crippen LogP contribution is 2.47. The highest BCUT2D eigenvalue weighted by atomic mass is 31.1. The fourth-order valence-electron chi connectivity index (χ4n) is 5.31. The van der Waals surface area contributed by atoms with Crippen LogP contribution in [0, 0.1) is 0 Å². The van der Waals surface area contributed by atoms with Gasteiger partial charge in [0.1, 0.15) is 0 Å². The number of hydrogen-bond donors (Lipinski definition) is 0. The fraction of sp³-hybridized carbons (Fsp3) is 0.600. The maximum absolute atomic E-state index is 2.69. The van der Waals surface area contributed by atoms with Gasteiger partial charge in [-0.05, 0) is 98.8 Å². The van der Waals surface area contributed by atoms with E-state index in [0.717, 1.165) is 11.3 Å². The summed E-state index contributed by atoms with van der Waals surface area (Å²) in [4.78, 5) is 0. The summed E-state index contributed by atoms with van der Waals surface area (Å²) in [5.74, 6) is 0. The third-order valence-electron chi connectivity index (χ3n) is 6.96. The first kappa shape index (κ1) is 30.4. The molecule has 0 heterocycles. The molecular formula is C30H50P4. The molecule has 0 aliphatic rings. The van der Waals surface area contributed by atoms with E-state index < -0.39 is 0 Å². The molecule has 0 aliphatic carbocycles. The Morgan fingerprint density at radius 3 is 1.38 bits per heavy atom. The second-order valence-corrected chi connectivity index (χ2v) is 21.4. The zero-order chi connectivity index (χ0) is 25.4. The van der Waals surface area contributed by atoms with E-state index >= 15 is 0 Å². The summed E-state index contributed by atoms with van der Waals surface area (Å²) in [5, 5.41) is 6.71. The van der Waals surface area contributed by atoms with Crippen LogP contribution in [0.15, 0.2) is 36.4 Å². The van der Waals surface area contributed by atoms with E-state index in [1.807, 2.05) is 0 Å². The van der Waals surface area contributed by atoms with E-state index in [9.17, 15) is 0 Å². The first-order valence-corrected chi connectivity index (χ1v) is 20.2. The lowest BCUT2D eigenvalue weighted by Crippen LogP contribution is -2.26. The molecule has 0 radical (unpaired) electrons. The van der Waals surface area contributed by atoms with Crippen molar-refractivity contribution in [3.63, 3.8) is 0 Å². The smallest absolute Gasteiger partial charge is 0.00293 e. The molecule has 0 N–H and O–H groups in total. The van der Waals surface area contributed by atoms with Crippen molar-refractivity contribution in [2.24, 2.45) is 0 Å². The highest BCUT2D eigenvalue weighted by Gasteiger charge is 2.25. The summed E-state index contributed by atoms with van der Waals surface area (Å²) in [7, 11) is -0.440. The van der Waals surface area contributed by atoms with Crippen molar-refractivity contribution in [1.82, 2.24) is 0 Å². The molecular weight excluding hydrogens is 484 g/mol. The summed E-state index contributed by atoms with van der Waals surface area (Å²) in [6.07, 6.45) is 7.77. The minimum atomic E-state index is -0.153. The van der Waals surface area contributed by atoms with Crippen LogP contribution in [0.4, 0.5) is 0 Å². The van der Waals surface area contributed by atoms with Crippen molar-refractivity contribution < 1.29 is 0 Å². The summed E-state index contributed by atoms with van der Waals surface area (Å²) in [5.41, 5.74) is 4.58. The first-order valence-electron chi connectivity index (χ1n) is 13.6. The predicted octanol–water partition coefficient (Wildman–Crippen LogP) is 8.72. The summed E-state index contributed by atoms with van der Waals surface area (Å²) < 4.78 is 0. The topological polar surface area (TPSA) is 0 Å². The maximum Gasteiger partial charge on any atom is -0.00293 e. The molecule has 0 aromatic heterocycles. The molecule has 4 heteroatoms. The van der Waals surface area contributed by atoms with E-state index in [-0.39, 0.29) is 31.7 Å². The normalized spacial score (nSPS) is 12.4. The van der Waals surface area contributed by atoms with Crippen LogP contribution in [0.1, 0.15) is 69.2 Å². The minimum Gasteiger partial charge on any atom is -0.0758 e. The fourth-order valence-corrected chi connectivity index (χ4v) is 14.4. The summed E-state index contributed by atoms with van der Waals surface area (Å²) in [6, 6.07) is 15.2. The van der Waals surface area contributed by atoms with Gasteiger partial charge in [-0.15, -0.1) is 0 Å². The van der Waals surface area contributed by atoms with E-state index in [0.29, 0.717) is 0 Å². The zero-order valence-electron chi connectivity index (χ0n) is 23.7. The van der Waals surface area contributed by atoms with Crippen molar-refractivity contribution in [2.75, 3.05) is 37.0 Å². The molecule has 0 nitrogen and oxygen atoms in total. The lowest BCUT2D eigenvalue weighted by atomic mass is 10.1. The van der Waals surface area contributed by atoms with Crippen molar-refractivity contribution in [1.29, 1.82) is 0 Å². The van der Waals surface area contributed by atoms with Crippen LogP contribution in [-0.4, -0.2) is 48.3 Å². The molecule has 0 saturated carbocycles. The van der Waals surface area contributed by atoms with E-state index in [1.165, 1.54) is 42.5 Å². The lowest BCUT2D eigenvalue weighted by Gasteiger charge is -2.30. The minimum absolute atomic E-state index is 0.0445. The SMILES string of the molecule is CCP(CC)c1cc(P(CC)CC)c(-c2cccc(P(C(C)C)C(C)C)c2)c(P(CC)CC)c1. The molecule has 0 atom stereocenters. The van der Waals surface area contributed by atoms with Gasteiger partial charge < -0.3 is 0 Å². The van der Waals surface area contributed by atoms with Gasteiger partial charge in [-0.25, -0.2) is 0 Å². The Morgan fingerprint density at radius 2 is 1.00 bits per heavy atom. The molecule has 0 bridgehead atoms. The Hall–Kier alpha value is 0.160. The largest absolute Gasteiger partial charge is 0.0758 e. The quantitative estimate of drug-likeness (QED) is 0.226. The van der Waals surface area contributed by atoms with Crippen molar-refractivity contribution in [2.45, 2.75) is 80.6 Å². The lowest BCUT2D eigenvalue weighted by molar-refractivity contribution is 1.02. The summed E-state index contributed by atoms with van der Waals surface area (Å²) >= 11 is 0. The first-order chi connectivity index (χ1) is 16.3. The molecule has 0 spiro atoms. The number of benzene rings is 2. The Labute approximate surface area is 217 Å². The Kier molecular flexibility index (Phi) is 13.2. The van der Waals surface area contributed by atoms with Gasteiger partial charge in [-0.2, -0.15) is 0 Å². The van der Waals surface area contributed by atoms with Gasteiger partial charge in [-0.1, -0.05) is 119 Å². The monoisotopic (exact) mass is 534 g/mol. The van der Waals surface area contributed by atoms with Gasteiger partial charge in [-0.3, -0.25) is 0 Å². The zero-order valence-corrected chi connectivity index (χ0v) is 27.2. The molecule has 0 unspecified atom stereocenters. The Morgan fingerprint density at radius 1 is 0.559 bits per heavy atom. The maximum atomic E-state index is 2.69. The van der Waals surface area contributed by atoms with E-state index in [2.05, 4.69) is 106 Å². The molecule has 0 aliphatic heterocycles. The molecule has 0 fully saturated rings. The van der Waals surface area contributed by atoms with Gasteiger partial charge in [0, 0.05) is 0 Å². The molecule has 34 heavy (non-hydrogen) atoms. The van der Waals surface area contributed by atoms with Crippen LogP contribution in [0.2, 0.25) is 0 Å². The second-order valence-electron chi connectivity index (χ2n) is 9.52. The van der Waals surface area contributed by atoms with Crippen molar-refractivity contribution in [3.05, 3.63) is 36.4 Å². The molecule has 2 aromatic rings. The number of hydrogen-bond acceptors (Lipinski definition) is 0. The Balaban J connectivity index is 2.90. The van der Waals surface area contributed by atoms with Gasteiger partial charge >= 0.3 is 0 Å². The van der Waals surface area contributed by atoms with Crippen LogP contribution in [0.5, 0.6) is 0 Å². The third kappa shape index (κ3) is 7.13. The molecule has 2 rings (SSSR count). The highest BCUT2D eigenvalue weighted by molar-refractivity contribution is 7.69. The predicted molar refractivity (Wildman–Crippen MR) is 172 cm³/mol. The van der Waals surface area contributed by atoms with Crippen molar-refractivity contribution in [3.8, 4) is 11.1 Å². The average Bonchev–Trinajstić information content (AvgIpc) is 2.81. The van der Waals surface area contributed by atoms with Crippen molar-refractivity contribution >= 4 is 52.9 Å². The standard InChI is InChI=1S/C30H50P4/c1-11-31(12-2)27-21-28(32(13-3)14-4)30(29(22-27)33(15-5)16-6)25-18-17-19-26(20-25)34(23(7)8)24(9)10/h17-24H,11-16H2,1-10H3. The van der Waals surface area contributed by atoms with E-state index in [1.54, 1.807) is 26.8 Å². The number of rotatable bonds is 13. The Bertz CT molecular complexity index is 836. The van der Waals surface area contributed by atoms with Gasteiger partial charge in [0.2, 0.25) is 0 Å². The van der Waals surface area contributed by atoms with Gasteiger partial charge in [0.25, 0.3) is 0 Å². The third-order valence-corrected chi connectivity index (χ3v) is 17.7. The van der Waals surface area contributed by atoms with Crippen LogP contribution >= 0.6 is 31.7 Å². The molecule has 2 aromatic carbocycles. The van der Waals surface area contributed by atoms with Crippen LogP contribution in [0.3, 0.4) is 0 Å². The van der Waals surface area contributed by atoms with Gasteiger partial charge in [0.05, 0.1) is 0 Å². The molecule has 190 valence electrons. The van der Waals surface area contributed by atoms with Gasteiger partial charge in [0.15, 0.2) is 0 Å². The molecule has 0 amide bonds. The summed E-state index contributed by atoms with van der Waals surface area (Å²) in [6.45, 7) is 24.2. The van der Waals surface area contributed by atoms with Crippen LogP contribution in [-0.2, 0) is 0 Å². The second kappa shape index (κ2) is 14.8. The average molecular weight is 535 g/mol. The van der Waals surface area contributed by atoms with Crippen LogP contribution < -0.4 is 21.2 Å². The van der Waals surface area contributed by atoms with Crippen LogP contribution in [0.25, 0.3) is 11.1 Å². The van der Waals surface area contributed by atoms with E-state index in [4.69, 9.17) is 0 Å². The molecule has 0 saturated heterocycles.